The van der Waals surface area contributed by atoms with Crippen LogP contribution in [0.3, 0.4) is 0 Å². The number of halogens is 1. The molecule has 1 fully saturated rings. The van der Waals surface area contributed by atoms with Crippen LogP contribution in [0.25, 0.3) is 0 Å². The number of rotatable bonds is 5. The lowest BCUT2D eigenvalue weighted by atomic mass is 9.91. The first-order valence-corrected chi connectivity index (χ1v) is 8.14. The third kappa shape index (κ3) is 4.81. The smallest absolute Gasteiger partial charge is 0.0438 e. The molecule has 2 rings (SSSR count). The molecule has 0 spiro atoms. The molecule has 2 atom stereocenters. The van der Waals surface area contributed by atoms with Crippen LogP contribution in [-0.2, 0) is 6.42 Å². The maximum absolute atomic E-state index is 6.29. The predicted octanol–water partition coefficient (Wildman–Crippen LogP) is 4.83. The first-order valence-electron chi connectivity index (χ1n) is 7.76. The molecule has 2 unspecified atom stereocenters. The maximum Gasteiger partial charge on any atom is 0.0438 e. The summed E-state index contributed by atoms with van der Waals surface area (Å²) in [6, 6.07) is 9.03. The first kappa shape index (κ1) is 14.9. The van der Waals surface area contributed by atoms with Gasteiger partial charge in [-0.15, -0.1) is 0 Å². The van der Waals surface area contributed by atoms with Crippen molar-refractivity contribution in [1.82, 2.24) is 5.32 Å². The van der Waals surface area contributed by atoms with Gasteiger partial charge in [0.1, 0.15) is 0 Å². The lowest BCUT2D eigenvalue weighted by Crippen LogP contribution is -2.31. The fourth-order valence-electron chi connectivity index (χ4n) is 3.16. The van der Waals surface area contributed by atoms with E-state index < -0.39 is 0 Å². The molecule has 0 radical (unpaired) electrons. The van der Waals surface area contributed by atoms with Crippen LogP contribution in [-0.4, -0.2) is 12.6 Å². The molecule has 0 saturated heterocycles. The summed E-state index contributed by atoms with van der Waals surface area (Å²) >= 11 is 6.29. The Labute approximate surface area is 122 Å². The summed E-state index contributed by atoms with van der Waals surface area (Å²) in [7, 11) is 0. The highest BCUT2D eigenvalue weighted by atomic mass is 35.5. The molecule has 1 aliphatic rings. The van der Waals surface area contributed by atoms with E-state index >= 15 is 0 Å². The van der Waals surface area contributed by atoms with Crippen LogP contribution in [0.2, 0.25) is 5.02 Å². The molecular formula is C17H26ClN. The summed E-state index contributed by atoms with van der Waals surface area (Å²) in [5.74, 6) is 0.789. The molecule has 0 amide bonds. The molecule has 19 heavy (non-hydrogen) atoms. The molecule has 1 N–H and O–H groups in total. The molecule has 0 bridgehead atoms. The van der Waals surface area contributed by atoms with Crippen LogP contribution < -0.4 is 5.32 Å². The van der Waals surface area contributed by atoms with Crippen LogP contribution in [0, 0.1) is 5.92 Å². The number of benzene rings is 1. The predicted molar refractivity (Wildman–Crippen MR) is 83.8 cm³/mol. The average Bonchev–Trinajstić information content (AvgIpc) is 2.64. The Hall–Kier alpha value is -0.530. The molecular weight excluding hydrogens is 254 g/mol. The Morgan fingerprint density at radius 2 is 2.00 bits per heavy atom. The van der Waals surface area contributed by atoms with E-state index in [1.54, 1.807) is 0 Å². The van der Waals surface area contributed by atoms with Gasteiger partial charge >= 0.3 is 0 Å². The quantitative estimate of drug-likeness (QED) is 0.761. The Bertz CT molecular complexity index is 377. The van der Waals surface area contributed by atoms with Crippen molar-refractivity contribution in [3.8, 4) is 0 Å². The van der Waals surface area contributed by atoms with Gasteiger partial charge in [0.25, 0.3) is 0 Å². The zero-order valence-corrected chi connectivity index (χ0v) is 12.8. The van der Waals surface area contributed by atoms with Crippen LogP contribution in [0.15, 0.2) is 24.3 Å². The van der Waals surface area contributed by atoms with Gasteiger partial charge in [0.05, 0.1) is 0 Å². The van der Waals surface area contributed by atoms with Crippen molar-refractivity contribution in [2.24, 2.45) is 5.92 Å². The van der Waals surface area contributed by atoms with E-state index in [4.69, 9.17) is 11.6 Å². The summed E-state index contributed by atoms with van der Waals surface area (Å²) in [6.07, 6.45) is 9.13. The summed E-state index contributed by atoms with van der Waals surface area (Å²) in [5.41, 5.74) is 1.32. The molecule has 0 heterocycles. The molecule has 1 aromatic rings. The fourth-order valence-corrected chi connectivity index (χ4v) is 3.37. The van der Waals surface area contributed by atoms with Crippen molar-refractivity contribution < 1.29 is 0 Å². The molecule has 106 valence electrons. The normalized spacial score (nSPS) is 24.1. The Balaban J connectivity index is 1.93. The van der Waals surface area contributed by atoms with Gasteiger partial charge in [0.2, 0.25) is 0 Å². The molecule has 0 aromatic heterocycles. The van der Waals surface area contributed by atoms with Crippen LogP contribution in [0.1, 0.15) is 51.0 Å². The van der Waals surface area contributed by atoms with Crippen LogP contribution >= 0.6 is 11.6 Å². The van der Waals surface area contributed by atoms with Crippen molar-refractivity contribution in [2.75, 3.05) is 6.54 Å². The third-order valence-corrected chi connectivity index (χ3v) is 4.55. The van der Waals surface area contributed by atoms with E-state index in [1.165, 1.54) is 44.1 Å². The second kappa shape index (κ2) is 7.91. The van der Waals surface area contributed by atoms with Gasteiger partial charge in [-0.25, -0.2) is 0 Å². The highest BCUT2D eigenvalue weighted by Gasteiger charge is 2.20. The minimum atomic E-state index is 0.718. The van der Waals surface area contributed by atoms with Crippen LogP contribution in [0.4, 0.5) is 0 Å². The van der Waals surface area contributed by atoms with Crippen LogP contribution in [0.5, 0.6) is 0 Å². The number of hydrogen-bond donors (Lipinski definition) is 1. The Kier molecular flexibility index (Phi) is 6.19. The molecule has 1 saturated carbocycles. The van der Waals surface area contributed by atoms with E-state index in [0.29, 0.717) is 0 Å². The van der Waals surface area contributed by atoms with Crippen molar-refractivity contribution in [2.45, 2.75) is 57.9 Å². The van der Waals surface area contributed by atoms with Gasteiger partial charge in [0, 0.05) is 11.1 Å². The molecule has 1 aromatic carbocycles. The van der Waals surface area contributed by atoms with Gasteiger partial charge in [-0.2, -0.15) is 0 Å². The Morgan fingerprint density at radius 1 is 1.21 bits per heavy atom. The van der Waals surface area contributed by atoms with Crippen molar-refractivity contribution in [3.05, 3.63) is 34.9 Å². The van der Waals surface area contributed by atoms with E-state index in [-0.39, 0.29) is 0 Å². The molecule has 0 aliphatic heterocycles. The minimum Gasteiger partial charge on any atom is -0.314 e. The van der Waals surface area contributed by atoms with Crippen molar-refractivity contribution in [3.63, 3.8) is 0 Å². The third-order valence-electron chi connectivity index (χ3n) is 4.18. The zero-order chi connectivity index (χ0) is 13.5. The molecule has 1 aliphatic carbocycles. The lowest BCUT2D eigenvalue weighted by molar-refractivity contribution is 0.384. The van der Waals surface area contributed by atoms with E-state index in [2.05, 4.69) is 24.4 Å². The maximum atomic E-state index is 6.29. The van der Waals surface area contributed by atoms with Gasteiger partial charge < -0.3 is 5.32 Å². The fraction of sp³-hybridized carbons (Fsp3) is 0.647. The lowest BCUT2D eigenvalue weighted by Gasteiger charge is -2.21. The molecule has 1 nitrogen and oxygen atoms in total. The second-order valence-corrected chi connectivity index (χ2v) is 6.24. The summed E-state index contributed by atoms with van der Waals surface area (Å²) in [5, 5.41) is 4.64. The monoisotopic (exact) mass is 279 g/mol. The van der Waals surface area contributed by atoms with Crippen molar-refractivity contribution in [1.29, 1.82) is 0 Å². The average molecular weight is 280 g/mol. The SMILES string of the molecule is CCCNC1CCCCC(Cc2ccccc2Cl)C1. The van der Waals surface area contributed by atoms with E-state index in [1.807, 2.05) is 12.1 Å². The van der Waals surface area contributed by atoms with Gasteiger partial charge in [-0.3, -0.25) is 0 Å². The number of nitrogens with one attached hydrogen (secondary N) is 1. The minimum absolute atomic E-state index is 0.718. The molecule has 2 heteroatoms. The summed E-state index contributed by atoms with van der Waals surface area (Å²) in [6.45, 7) is 3.40. The summed E-state index contributed by atoms with van der Waals surface area (Å²) in [4.78, 5) is 0. The Morgan fingerprint density at radius 3 is 2.79 bits per heavy atom. The summed E-state index contributed by atoms with van der Waals surface area (Å²) < 4.78 is 0. The van der Waals surface area contributed by atoms with Crippen molar-refractivity contribution >= 4 is 11.6 Å². The topological polar surface area (TPSA) is 12.0 Å². The highest BCUT2D eigenvalue weighted by molar-refractivity contribution is 6.31. The van der Waals surface area contributed by atoms with Gasteiger partial charge in [-0.1, -0.05) is 56.0 Å². The number of hydrogen-bond acceptors (Lipinski definition) is 1. The highest BCUT2D eigenvalue weighted by Crippen LogP contribution is 2.28. The second-order valence-electron chi connectivity index (χ2n) is 5.83. The largest absolute Gasteiger partial charge is 0.314 e. The zero-order valence-electron chi connectivity index (χ0n) is 12.0. The standard InChI is InChI=1S/C17H26ClN/c1-2-11-19-16-9-5-3-7-14(13-16)12-15-8-4-6-10-17(15)18/h4,6,8,10,14,16,19H,2-3,5,7,9,11-13H2,1H3. The van der Waals surface area contributed by atoms with E-state index in [9.17, 15) is 0 Å². The van der Waals surface area contributed by atoms with Gasteiger partial charge in [0.15, 0.2) is 0 Å². The first-order chi connectivity index (χ1) is 9.29. The van der Waals surface area contributed by atoms with E-state index in [0.717, 1.165) is 29.9 Å². The van der Waals surface area contributed by atoms with Gasteiger partial charge in [-0.05, 0) is 49.8 Å².